The molecule has 3 N–H and O–H groups in total. The molecule has 0 bridgehead atoms. The van der Waals surface area contributed by atoms with Gasteiger partial charge in [-0.25, -0.2) is 4.98 Å². The summed E-state index contributed by atoms with van der Waals surface area (Å²) in [5.74, 6) is 0.834. The highest BCUT2D eigenvalue weighted by Crippen LogP contribution is 2.38. The number of ether oxygens (including phenoxy) is 1. The molecule has 0 fully saturated rings. The minimum atomic E-state index is -0.0335. The van der Waals surface area contributed by atoms with Gasteiger partial charge >= 0.3 is 0 Å². The summed E-state index contributed by atoms with van der Waals surface area (Å²) in [6.45, 7) is 4.16. The van der Waals surface area contributed by atoms with Crippen molar-refractivity contribution in [1.29, 1.82) is 0 Å². The Labute approximate surface area is 127 Å². The molecule has 21 heavy (non-hydrogen) atoms. The van der Waals surface area contributed by atoms with Gasteiger partial charge in [-0.3, -0.25) is 4.79 Å². The van der Waals surface area contributed by atoms with E-state index in [9.17, 15) is 4.79 Å². The highest BCUT2D eigenvalue weighted by atomic mass is 32.1. The van der Waals surface area contributed by atoms with Gasteiger partial charge in [-0.2, -0.15) is 0 Å². The van der Waals surface area contributed by atoms with Gasteiger partial charge in [0.15, 0.2) is 5.13 Å². The van der Waals surface area contributed by atoms with Crippen LogP contribution in [0.3, 0.4) is 0 Å². The number of carbonyl (C=O) groups excluding carboxylic acids is 1. The molecule has 0 saturated heterocycles. The normalized spacial score (nSPS) is 17.0. The standard InChI is InChI=1S/C15H17N3O2S/c1-8-5-10(13-7-21-15(16)18-13)6-11-12(17-9(2)19)3-4-20-14(8)11/h5-7,12H,3-4H2,1-2H3,(H2,16,18)(H,17,19). The van der Waals surface area contributed by atoms with E-state index in [0.29, 0.717) is 11.7 Å². The van der Waals surface area contributed by atoms with E-state index in [1.54, 1.807) is 0 Å². The number of anilines is 1. The quantitative estimate of drug-likeness (QED) is 0.894. The number of hydrogen-bond acceptors (Lipinski definition) is 5. The second-order valence-electron chi connectivity index (χ2n) is 5.17. The number of nitrogens with zero attached hydrogens (tertiary/aromatic N) is 1. The van der Waals surface area contributed by atoms with E-state index in [-0.39, 0.29) is 11.9 Å². The molecule has 0 aliphatic carbocycles. The van der Waals surface area contributed by atoms with Gasteiger partial charge < -0.3 is 15.8 Å². The number of nitrogens with two attached hydrogens (primary N) is 1. The topological polar surface area (TPSA) is 77.2 Å². The number of nitrogen functional groups attached to an aromatic ring is 1. The Balaban J connectivity index is 2.06. The summed E-state index contributed by atoms with van der Waals surface area (Å²) >= 11 is 1.42. The molecule has 2 aromatic rings. The fourth-order valence-electron chi connectivity index (χ4n) is 2.65. The average molecular weight is 303 g/mol. The molecule has 1 aliphatic rings. The van der Waals surface area contributed by atoms with Crippen molar-refractivity contribution in [2.24, 2.45) is 0 Å². The molecule has 1 amide bonds. The molecule has 2 heterocycles. The van der Waals surface area contributed by atoms with E-state index >= 15 is 0 Å². The summed E-state index contributed by atoms with van der Waals surface area (Å²) in [4.78, 5) is 15.7. The minimum absolute atomic E-state index is 0.0131. The lowest BCUT2D eigenvalue weighted by molar-refractivity contribution is -0.119. The fourth-order valence-corrected chi connectivity index (χ4v) is 3.23. The first-order valence-corrected chi connectivity index (χ1v) is 7.68. The minimum Gasteiger partial charge on any atom is -0.493 e. The van der Waals surface area contributed by atoms with Crippen molar-refractivity contribution in [2.75, 3.05) is 12.3 Å². The van der Waals surface area contributed by atoms with Gasteiger partial charge in [0.25, 0.3) is 0 Å². The van der Waals surface area contributed by atoms with Crippen LogP contribution in [0.25, 0.3) is 11.3 Å². The number of amides is 1. The molecule has 1 aromatic heterocycles. The highest BCUT2D eigenvalue weighted by molar-refractivity contribution is 7.13. The predicted octanol–water partition coefficient (Wildman–Crippen LogP) is 2.66. The molecule has 0 saturated carbocycles. The van der Waals surface area contributed by atoms with Crippen LogP contribution in [0.4, 0.5) is 5.13 Å². The number of aryl methyl sites for hydroxylation is 1. The number of hydrogen-bond donors (Lipinski definition) is 2. The Bertz CT molecular complexity index is 696. The molecule has 1 aromatic carbocycles. The van der Waals surface area contributed by atoms with Crippen molar-refractivity contribution in [2.45, 2.75) is 26.3 Å². The molecule has 110 valence electrons. The monoisotopic (exact) mass is 303 g/mol. The van der Waals surface area contributed by atoms with Crippen LogP contribution in [0.15, 0.2) is 17.5 Å². The van der Waals surface area contributed by atoms with Gasteiger partial charge in [-0.1, -0.05) is 0 Å². The van der Waals surface area contributed by atoms with Crippen molar-refractivity contribution in [3.63, 3.8) is 0 Å². The van der Waals surface area contributed by atoms with Gasteiger partial charge in [0.1, 0.15) is 5.75 Å². The number of nitrogens with one attached hydrogen (secondary N) is 1. The maximum absolute atomic E-state index is 11.4. The van der Waals surface area contributed by atoms with Crippen molar-refractivity contribution in [3.05, 3.63) is 28.6 Å². The molecule has 5 nitrogen and oxygen atoms in total. The zero-order valence-corrected chi connectivity index (χ0v) is 12.8. The number of carbonyl (C=O) groups is 1. The van der Waals surface area contributed by atoms with E-state index < -0.39 is 0 Å². The maximum Gasteiger partial charge on any atom is 0.217 e. The van der Waals surface area contributed by atoms with E-state index in [2.05, 4.69) is 10.3 Å². The molecule has 1 atom stereocenters. The number of aromatic nitrogens is 1. The third-order valence-corrected chi connectivity index (χ3v) is 4.20. The molecule has 3 rings (SSSR count). The Morgan fingerprint density at radius 1 is 1.52 bits per heavy atom. The zero-order valence-electron chi connectivity index (χ0n) is 12.0. The van der Waals surface area contributed by atoms with Gasteiger partial charge in [-0.05, 0) is 24.6 Å². The summed E-state index contributed by atoms with van der Waals surface area (Å²) in [6.07, 6.45) is 0.772. The van der Waals surface area contributed by atoms with Crippen LogP contribution in [0, 0.1) is 6.92 Å². The van der Waals surface area contributed by atoms with Gasteiger partial charge in [0.05, 0.1) is 18.3 Å². The van der Waals surface area contributed by atoms with Crippen molar-refractivity contribution in [3.8, 4) is 17.0 Å². The van der Waals surface area contributed by atoms with Crippen LogP contribution in [0.5, 0.6) is 5.75 Å². The Hall–Kier alpha value is -2.08. The molecule has 0 radical (unpaired) electrons. The second-order valence-corrected chi connectivity index (χ2v) is 6.06. The Morgan fingerprint density at radius 2 is 2.33 bits per heavy atom. The third kappa shape index (κ3) is 2.71. The summed E-state index contributed by atoms with van der Waals surface area (Å²) in [5.41, 5.74) is 9.63. The number of fused-ring (bicyclic) bond motifs is 1. The third-order valence-electron chi connectivity index (χ3n) is 3.53. The highest BCUT2D eigenvalue weighted by Gasteiger charge is 2.24. The van der Waals surface area contributed by atoms with Gasteiger partial charge in [0.2, 0.25) is 5.91 Å². The van der Waals surface area contributed by atoms with E-state index in [1.807, 2.05) is 24.4 Å². The maximum atomic E-state index is 11.4. The first kappa shape index (κ1) is 13.9. The SMILES string of the molecule is CC(=O)NC1CCOc2c(C)cc(-c3csc(N)n3)cc21. The Kier molecular flexibility index (Phi) is 3.55. The van der Waals surface area contributed by atoms with Crippen LogP contribution >= 0.6 is 11.3 Å². The van der Waals surface area contributed by atoms with E-state index in [0.717, 1.165) is 34.6 Å². The molecular formula is C15H17N3O2S. The average Bonchev–Trinajstić information content (AvgIpc) is 2.85. The molecule has 6 heteroatoms. The van der Waals surface area contributed by atoms with Crippen LogP contribution < -0.4 is 15.8 Å². The summed E-state index contributed by atoms with van der Waals surface area (Å²) in [5, 5.41) is 5.48. The smallest absolute Gasteiger partial charge is 0.217 e. The number of benzene rings is 1. The molecular weight excluding hydrogens is 286 g/mol. The predicted molar refractivity (Wildman–Crippen MR) is 83.4 cm³/mol. The van der Waals surface area contributed by atoms with Crippen LogP contribution in [-0.4, -0.2) is 17.5 Å². The second kappa shape index (κ2) is 5.37. The van der Waals surface area contributed by atoms with Crippen LogP contribution in [0.1, 0.15) is 30.5 Å². The summed E-state index contributed by atoms with van der Waals surface area (Å²) in [7, 11) is 0. The molecule has 1 unspecified atom stereocenters. The van der Waals surface area contributed by atoms with Crippen molar-refractivity contribution >= 4 is 22.4 Å². The summed E-state index contributed by atoms with van der Waals surface area (Å²) in [6, 6.07) is 4.07. The first-order chi connectivity index (χ1) is 10.0. The fraction of sp³-hybridized carbons (Fsp3) is 0.333. The van der Waals surface area contributed by atoms with Gasteiger partial charge in [-0.15, -0.1) is 11.3 Å². The number of rotatable bonds is 2. The van der Waals surface area contributed by atoms with E-state index in [4.69, 9.17) is 10.5 Å². The lowest BCUT2D eigenvalue weighted by Crippen LogP contribution is -2.30. The zero-order chi connectivity index (χ0) is 15.0. The number of thiazole rings is 1. The largest absolute Gasteiger partial charge is 0.493 e. The van der Waals surface area contributed by atoms with Crippen molar-refractivity contribution < 1.29 is 9.53 Å². The van der Waals surface area contributed by atoms with Crippen LogP contribution in [-0.2, 0) is 4.79 Å². The first-order valence-electron chi connectivity index (χ1n) is 6.80. The lowest BCUT2D eigenvalue weighted by atomic mass is 9.94. The molecule has 1 aliphatic heterocycles. The van der Waals surface area contributed by atoms with Gasteiger partial charge in [0, 0.05) is 29.9 Å². The Morgan fingerprint density at radius 3 is 3.00 bits per heavy atom. The molecule has 0 spiro atoms. The van der Waals surface area contributed by atoms with E-state index in [1.165, 1.54) is 18.3 Å². The summed E-state index contributed by atoms with van der Waals surface area (Å²) < 4.78 is 5.77. The lowest BCUT2D eigenvalue weighted by Gasteiger charge is -2.28. The van der Waals surface area contributed by atoms with Crippen LogP contribution in [0.2, 0.25) is 0 Å². The van der Waals surface area contributed by atoms with Crippen molar-refractivity contribution in [1.82, 2.24) is 10.3 Å².